The lowest BCUT2D eigenvalue weighted by atomic mass is 10.2. The van der Waals surface area contributed by atoms with E-state index in [1.807, 2.05) is 6.07 Å². The minimum absolute atomic E-state index is 0.0561. The molecule has 1 aromatic carbocycles. The van der Waals surface area contributed by atoms with Crippen molar-refractivity contribution in [3.05, 3.63) is 28.8 Å². The van der Waals surface area contributed by atoms with Gasteiger partial charge in [-0.25, -0.2) is 0 Å². The van der Waals surface area contributed by atoms with Gasteiger partial charge >= 0.3 is 0 Å². The first-order chi connectivity index (χ1) is 6.81. The summed E-state index contributed by atoms with van der Waals surface area (Å²) < 4.78 is 10.5. The number of rotatable bonds is 2. The Morgan fingerprint density at radius 3 is 2.86 bits per heavy atom. The van der Waals surface area contributed by atoms with Gasteiger partial charge in [-0.15, -0.1) is 0 Å². The average Bonchev–Trinajstić information content (AvgIpc) is 2.11. The fourth-order valence-electron chi connectivity index (χ4n) is 1.17. The van der Waals surface area contributed by atoms with Gasteiger partial charge in [-0.1, -0.05) is 17.7 Å². The van der Waals surface area contributed by atoms with Gasteiger partial charge in [0.25, 0.3) is 0 Å². The van der Waals surface area contributed by atoms with Crippen molar-refractivity contribution in [2.24, 2.45) is 0 Å². The van der Waals surface area contributed by atoms with Gasteiger partial charge in [-0.2, -0.15) is 5.26 Å². The fraction of sp³-hybridized carbons (Fsp3) is 0.300. The van der Waals surface area contributed by atoms with Crippen LogP contribution in [0.25, 0.3) is 0 Å². The molecule has 1 saturated heterocycles. The summed E-state index contributed by atoms with van der Waals surface area (Å²) in [5, 5.41) is 9.28. The molecule has 0 aliphatic carbocycles. The number of halogens is 1. The number of benzene rings is 1. The zero-order valence-corrected chi connectivity index (χ0v) is 8.12. The number of ether oxygens (including phenoxy) is 2. The first-order valence-corrected chi connectivity index (χ1v) is 4.62. The van der Waals surface area contributed by atoms with Crippen LogP contribution in [0.2, 0.25) is 5.02 Å². The Labute approximate surface area is 86.8 Å². The van der Waals surface area contributed by atoms with Gasteiger partial charge in [-0.05, 0) is 12.1 Å². The van der Waals surface area contributed by atoms with Gasteiger partial charge in [0.1, 0.15) is 23.5 Å². The smallest absolute Gasteiger partial charge is 0.145 e. The summed E-state index contributed by atoms with van der Waals surface area (Å²) in [4.78, 5) is 0. The molecule has 1 heterocycles. The van der Waals surface area contributed by atoms with Crippen LogP contribution in [-0.4, -0.2) is 19.3 Å². The van der Waals surface area contributed by atoms with Crippen LogP contribution in [-0.2, 0) is 4.74 Å². The summed E-state index contributed by atoms with van der Waals surface area (Å²) in [6.07, 6.45) is 0.0561. The third kappa shape index (κ3) is 1.67. The molecular weight excluding hydrogens is 202 g/mol. The highest BCUT2D eigenvalue weighted by molar-refractivity contribution is 6.31. The van der Waals surface area contributed by atoms with Crippen molar-refractivity contribution < 1.29 is 9.47 Å². The second-order valence-corrected chi connectivity index (χ2v) is 3.41. The van der Waals surface area contributed by atoms with Crippen LogP contribution in [0.3, 0.4) is 0 Å². The third-order valence-corrected chi connectivity index (χ3v) is 2.30. The van der Waals surface area contributed by atoms with Gasteiger partial charge in [0.15, 0.2) is 0 Å². The van der Waals surface area contributed by atoms with Crippen LogP contribution in [0.15, 0.2) is 18.2 Å². The lowest BCUT2D eigenvalue weighted by Crippen LogP contribution is -2.38. The van der Waals surface area contributed by atoms with E-state index < -0.39 is 0 Å². The molecule has 0 atom stereocenters. The molecule has 1 aromatic rings. The zero-order valence-electron chi connectivity index (χ0n) is 7.37. The van der Waals surface area contributed by atoms with Gasteiger partial charge in [0.05, 0.1) is 18.2 Å². The van der Waals surface area contributed by atoms with Crippen molar-refractivity contribution in [2.75, 3.05) is 13.2 Å². The molecule has 1 aliphatic heterocycles. The molecule has 0 saturated carbocycles. The molecule has 72 valence electrons. The molecular formula is C10H8ClNO2. The summed E-state index contributed by atoms with van der Waals surface area (Å²) in [7, 11) is 0. The largest absolute Gasteiger partial charge is 0.484 e. The Morgan fingerprint density at radius 2 is 2.29 bits per heavy atom. The average molecular weight is 210 g/mol. The number of nitriles is 1. The highest BCUT2D eigenvalue weighted by Crippen LogP contribution is 2.27. The van der Waals surface area contributed by atoms with Crippen LogP contribution in [0.4, 0.5) is 0 Å². The normalized spacial score (nSPS) is 15.7. The lowest BCUT2D eigenvalue weighted by molar-refractivity contribution is -0.0797. The monoisotopic (exact) mass is 209 g/mol. The lowest BCUT2D eigenvalue weighted by Gasteiger charge is -2.27. The summed E-state index contributed by atoms with van der Waals surface area (Å²) in [5.41, 5.74) is 0.390. The first kappa shape index (κ1) is 9.32. The van der Waals surface area contributed by atoms with Gasteiger partial charge in [-0.3, -0.25) is 0 Å². The van der Waals surface area contributed by atoms with Crippen molar-refractivity contribution >= 4 is 11.6 Å². The second-order valence-electron chi connectivity index (χ2n) is 3.00. The fourth-order valence-corrected chi connectivity index (χ4v) is 1.38. The quantitative estimate of drug-likeness (QED) is 0.748. The van der Waals surface area contributed by atoms with Crippen LogP contribution in [0.1, 0.15) is 5.56 Å². The topological polar surface area (TPSA) is 42.2 Å². The number of nitrogens with zero attached hydrogens (tertiary/aromatic N) is 1. The molecule has 4 heteroatoms. The molecule has 0 aromatic heterocycles. The van der Waals surface area contributed by atoms with E-state index in [4.69, 9.17) is 26.3 Å². The van der Waals surface area contributed by atoms with E-state index in [0.717, 1.165) is 0 Å². The van der Waals surface area contributed by atoms with Crippen LogP contribution < -0.4 is 4.74 Å². The first-order valence-electron chi connectivity index (χ1n) is 4.24. The van der Waals surface area contributed by atoms with E-state index >= 15 is 0 Å². The maximum absolute atomic E-state index is 8.86. The van der Waals surface area contributed by atoms with Crippen molar-refractivity contribution in [2.45, 2.75) is 6.10 Å². The van der Waals surface area contributed by atoms with Gasteiger partial charge < -0.3 is 9.47 Å². The molecule has 0 bridgehead atoms. The van der Waals surface area contributed by atoms with Crippen molar-refractivity contribution in [3.63, 3.8) is 0 Å². The van der Waals surface area contributed by atoms with Crippen LogP contribution >= 0.6 is 11.6 Å². The SMILES string of the molecule is N#Cc1c(Cl)cccc1OC1COC1. The highest BCUT2D eigenvalue weighted by atomic mass is 35.5. The van der Waals surface area contributed by atoms with E-state index in [1.165, 1.54) is 0 Å². The molecule has 0 amide bonds. The summed E-state index contributed by atoms with van der Waals surface area (Å²) >= 11 is 5.84. The molecule has 14 heavy (non-hydrogen) atoms. The third-order valence-electron chi connectivity index (χ3n) is 1.99. The predicted molar refractivity (Wildman–Crippen MR) is 51.4 cm³/mol. The Hall–Kier alpha value is -1.24. The highest BCUT2D eigenvalue weighted by Gasteiger charge is 2.21. The van der Waals surface area contributed by atoms with Crippen molar-refractivity contribution in [1.82, 2.24) is 0 Å². The second kappa shape index (κ2) is 3.87. The standard InChI is InChI=1S/C10H8ClNO2/c11-9-2-1-3-10(8(9)4-12)14-7-5-13-6-7/h1-3,7H,5-6H2. The van der Waals surface area contributed by atoms with Crippen molar-refractivity contribution in [3.8, 4) is 11.8 Å². The molecule has 0 N–H and O–H groups in total. The van der Waals surface area contributed by atoms with E-state index in [-0.39, 0.29) is 6.10 Å². The van der Waals surface area contributed by atoms with Gasteiger partial charge in [0.2, 0.25) is 0 Å². The summed E-state index contributed by atoms with van der Waals surface area (Å²) in [5.74, 6) is 0.535. The Morgan fingerprint density at radius 1 is 1.50 bits per heavy atom. The molecule has 3 nitrogen and oxygen atoms in total. The van der Waals surface area contributed by atoms with E-state index in [9.17, 15) is 0 Å². The van der Waals surface area contributed by atoms with E-state index in [1.54, 1.807) is 18.2 Å². The zero-order chi connectivity index (χ0) is 9.97. The van der Waals surface area contributed by atoms with Crippen LogP contribution in [0, 0.1) is 11.3 Å². The van der Waals surface area contributed by atoms with E-state index in [2.05, 4.69) is 0 Å². The Kier molecular flexibility index (Phi) is 2.58. The number of hydrogen-bond donors (Lipinski definition) is 0. The maximum Gasteiger partial charge on any atom is 0.145 e. The summed E-state index contributed by atoms with van der Waals surface area (Å²) in [6, 6.07) is 7.19. The molecule has 2 rings (SSSR count). The number of hydrogen-bond acceptors (Lipinski definition) is 3. The molecule has 1 fully saturated rings. The minimum atomic E-state index is 0.0561. The molecule has 1 aliphatic rings. The predicted octanol–water partition coefficient (Wildman–Crippen LogP) is 1.99. The molecule has 0 spiro atoms. The van der Waals surface area contributed by atoms with Crippen molar-refractivity contribution in [1.29, 1.82) is 5.26 Å². The molecule has 0 radical (unpaired) electrons. The maximum atomic E-state index is 8.86. The van der Waals surface area contributed by atoms with Gasteiger partial charge in [0, 0.05) is 0 Å². The summed E-state index contributed by atoms with van der Waals surface area (Å²) in [6.45, 7) is 1.16. The Balaban J connectivity index is 2.23. The van der Waals surface area contributed by atoms with Crippen LogP contribution in [0.5, 0.6) is 5.75 Å². The molecule has 0 unspecified atom stereocenters. The van der Waals surface area contributed by atoms with E-state index in [0.29, 0.717) is 29.5 Å². The Bertz CT molecular complexity index is 382. The minimum Gasteiger partial charge on any atom is -0.484 e.